The van der Waals surface area contributed by atoms with E-state index in [-0.39, 0.29) is 5.91 Å². The van der Waals surface area contributed by atoms with Crippen LogP contribution in [-0.4, -0.2) is 35.8 Å². The van der Waals surface area contributed by atoms with Gasteiger partial charge in [-0.1, -0.05) is 0 Å². The van der Waals surface area contributed by atoms with Crippen molar-refractivity contribution in [2.75, 3.05) is 13.1 Å². The predicted molar refractivity (Wildman–Crippen MR) is 68.8 cm³/mol. The highest BCUT2D eigenvalue weighted by Crippen LogP contribution is 2.33. The van der Waals surface area contributed by atoms with Crippen LogP contribution in [0.15, 0.2) is 16.3 Å². The zero-order valence-corrected chi connectivity index (χ0v) is 11.1. The molecular weight excluding hydrogens is 214 g/mol. The van der Waals surface area contributed by atoms with Gasteiger partial charge in [-0.2, -0.15) is 0 Å². The van der Waals surface area contributed by atoms with Gasteiger partial charge in [-0.05, 0) is 38.7 Å². The van der Waals surface area contributed by atoms with E-state index in [1.54, 1.807) is 6.92 Å². The zero-order valence-electron chi connectivity index (χ0n) is 11.1. The molecular formula is C13H21N3O. The highest BCUT2D eigenvalue weighted by Gasteiger charge is 2.32. The molecule has 0 aromatic rings. The van der Waals surface area contributed by atoms with Crippen molar-refractivity contribution < 1.29 is 4.79 Å². The largest absolute Gasteiger partial charge is 0.356 e. The number of allylic oxidation sites excluding steroid dienone is 1. The Morgan fingerprint density at radius 3 is 2.88 bits per heavy atom. The third-order valence-electron chi connectivity index (χ3n) is 3.74. The zero-order chi connectivity index (χ0) is 12.6. The molecule has 4 nitrogen and oxygen atoms in total. The maximum atomic E-state index is 10.9. The molecule has 2 rings (SSSR count). The van der Waals surface area contributed by atoms with E-state index >= 15 is 0 Å². The van der Waals surface area contributed by atoms with Crippen LogP contribution in [0.1, 0.15) is 34.1 Å². The van der Waals surface area contributed by atoms with Gasteiger partial charge in [0.2, 0.25) is 5.91 Å². The molecule has 2 aliphatic rings. The second-order valence-corrected chi connectivity index (χ2v) is 5.10. The number of carbonyl (C=O) groups is 1. The maximum Gasteiger partial charge on any atom is 0.216 e. The van der Waals surface area contributed by atoms with E-state index in [0.29, 0.717) is 12.0 Å². The van der Waals surface area contributed by atoms with E-state index in [1.165, 1.54) is 11.3 Å². The molecule has 2 atom stereocenters. The molecule has 0 aliphatic carbocycles. The van der Waals surface area contributed by atoms with Gasteiger partial charge in [0, 0.05) is 25.7 Å². The molecule has 94 valence electrons. The quantitative estimate of drug-likeness (QED) is 0.789. The molecule has 0 bridgehead atoms. The minimum absolute atomic E-state index is 0.0549. The number of aliphatic imine (C=N–C) groups is 1. The SMILES string of the molecule is CC(=O)NC[C@@H]1CC2=C(C)[C@H](C)N=C(C)N2C1. The van der Waals surface area contributed by atoms with Gasteiger partial charge in [-0.3, -0.25) is 9.79 Å². The van der Waals surface area contributed by atoms with Gasteiger partial charge in [0.15, 0.2) is 0 Å². The first kappa shape index (κ1) is 12.1. The third kappa shape index (κ3) is 2.35. The number of hydrogen-bond donors (Lipinski definition) is 1. The lowest BCUT2D eigenvalue weighted by Crippen LogP contribution is -2.33. The summed E-state index contributed by atoms with van der Waals surface area (Å²) in [5, 5.41) is 2.91. The van der Waals surface area contributed by atoms with Crippen molar-refractivity contribution in [2.45, 2.75) is 40.2 Å². The predicted octanol–water partition coefficient (Wildman–Crippen LogP) is 1.54. The average molecular weight is 235 g/mol. The number of carbonyl (C=O) groups excluding carboxylic acids is 1. The third-order valence-corrected chi connectivity index (χ3v) is 3.74. The molecule has 0 radical (unpaired) electrons. The molecule has 1 amide bonds. The van der Waals surface area contributed by atoms with Crippen LogP contribution < -0.4 is 5.32 Å². The lowest BCUT2D eigenvalue weighted by atomic mass is 10.0. The summed E-state index contributed by atoms with van der Waals surface area (Å²) >= 11 is 0. The molecule has 1 N–H and O–H groups in total. The molecule has 0 saturated carbocycles. The summed E-state index contributed by atoms with van der Waals surface area (Å²) in [7, 11) is 0. The fraction of sp³-hybridized carbons (Fsp3) is 0.692. The second-order valence-electron chi connectivity index (χ2n) is 5.10. The number of fused-ring (bicyclic) bond motifs is 1. The number of nitrogens with zero attached hydrogens (tertiary/aromatic N) is 2. The van der Waals surface area contributed by atoms with Gasteiger partial charge in [0.25, 0.3) is 0 Å². The summed E-state index contributed by atoms with van der Waals surface area (Å²) in [4.78, 5) is 17.9. The number of amidine groups is 1. The number of amides is 1. The van der Waals surface area contributed by atoms with Crippen molar-refractivity contribution >= 4 is 11.7 Å². The number of nitrogens with one attached hydrogen (secondary N) is 1. The second kappa shape index (κ2) is 4.51. The van der Waals surface area contributed by atoms with Crippen molar-refractivity contribution in [1.29, 1.82) is 0 Å². The van der Waals surface area contributed by atoms with Crippen molar-refractivity contribution in [1.82, 2.24) is 10.2 Å². The topological polar surface area (TPSA) is 44.7 Å². The van der Waals surface area contributed by atoms with E-state index in [4.69, 9.17) is 0 Å². The van der Waals surface area contributed by atoms with Crippen LogP contribution >= 0.6 is 0 Å². The minimum atomic E-state index is 0.0549. The van der Waals surface area contributed by atoms with Gasteiger partial charge in [-0.15, -0.1) is 0 Å². The Morgan fingerprint density at radius 2 is 2.24 bits per heavy atom. The monoisotopic (exact) mass is 235 g/mol. The molecule has 17 heavy (non-hydrogen) atoms. The van der Waals surface area contributed by atoms with Crippen LogP contribution in [0, 0.1) is 5.92 Å². The summed E-state index contributed by atoms with van der Waals surface area (Å²) in [5.74, 6) is 1.68. The van der Waals surface area contributed by atoms with E-state index < -0.39 is 0 Å². The van der Waals surface area contributed by atoms with Gasteiger partial charge in [-0.25, -0.2) is 0 Å². The first-order valence-corrected chi connectivity index (χ1v) is 6.25. The lowest BCUT2D eigenvalue weighted by molar-refractivity contribution is -0.119. The standard InChI is InChI=1S/C13H21N3O/c1-8-9(2)15-10(3)16-7-12(5-13(8)16)6-14-11(4)17/h9,12H,5-7H2,1-4H3,(H,14,17)/t9-,12-/m0/s1. The summed E-state index contributed by atoms with van der Waals surface area (Å²) in [5.41, 5.74) is 2.79. The van der Waals surface area contributed by atoms with Crippen LogP contribution in [0.4, 0.5) is 0 Å². The highest BCUT2D eigenvalue weighted by molar-refractivity contribution is 5.83. The smallest absolute Gasteiger partial charge is 0.216 e. The van der Waals surface area contributed by atoms with Crippen LogP contribution in [0.3, 0.4) is 0 Å². The van der Waals surface area contributed by atoms with Crippen molar-refractivity contribution in [3.05, 3.63) is 11.3 Å². The summed E-state index contributed by atoms with van der Waals surface area (Å²) in [6.07, 6.45) is 1.06. The Hall–Kier alpha value is -1.32. The fourth-order valence-electron chi connectivity index (χ4n) is 2.63. The Kier molecular flexibility index (Phi) is 3.22. The fourth-order valence-corrected chi connectivity index (χ4v) is 2.63. The van der Waals surface area contributed by atoms with Gasteiger partial charge in [0.1, 0.15) is 5.84 Å². The van der Waals surface area contributed by atoms with E-state index in [0.717, 1.165) is 25.3 Å². The molecule has 0 aromatic heterocycles. The normalized spacial score (nSPS) is 28.0. The molecule has 2 aliphatic heterocycles. The van der Waals surface area contributed by atoms with Crippen LogP contribution in [-0.2, 0) is 4.79 Å². The van der Waals surface area contributed by atoms with Gasteiger partial charge in [0.05, 0.1) is 6.04 Å². The number of rotatable bonds is 2. The summed E-state index contributed by atoms with van der Waals surface area (Å²) in [6, 6.07) is 0.306. The van der Waals surface area contributed by atoms with Crippen LogP contribution in [0.2, 0.25) is 0 Å². The Morgan fingerprint density at radius 1 is 1.53 bits per heavy atom. The van der Waals surface area contributed by atoms with Crippen molar-refractivity contribution in [3.8, 4) is 0 Å². The van der Waals surface area contributed by atoms with E-state index in [9.17, 15) is 4.79 Å². The molecule has 1 fully saturated rings. The highest BCUT2D eigenvalue weighted by atomic mass is 16.1. The van der Waals surface area contributed by atoms with E-state index in [1.807, 2.05) is 0 Å². The van der Waals surface area contributed by atoms with Crippen LogP contribution in [0.5, 0.6) is 0 Å². The van der Waals surface area contributed by atoms with Crippen LogP contribution in [0.25, 0.3) is 0 Å². The molecule has 2 heterocycles. The molecule has 0 spiro atoms. The average Bonchev–Trinajstić information content (AvgIpc) is 2.68. The Bertz CT molecular complexity index is 397. The number of hydrogen-bond acceptors (Lipinski definition) is 3. The Labute approximate surface area is 103 Å². The first-order valence-electron chi connectivity index (χ1n) is 6.25. The van der Waals surface area contributed by atoms with Crippen molar-refractivity contribution in [2.24, 2.45) is 10.9 Å². The van der Waals surface area contributed by atoms with Gasteiger partial charge < -0.3 is 10.2 Å². The summed E-state index contributed by atoms with van der Waals surface area (Å²) < 4.78 is 0. The summed E-state index contributed by atoms with van der Waals surface area (Å²) in [6.45, 7) is 9.71. The molecule has 4 heteroatoms. The van der Waals surface area contributed by atoms with Gasteiger partial charge >= 0.3 is 0 Å². The molecule has 1 saturated heterocycles. The minimum Gasteiger partial charge on any atom is -0.356 e. The van der Waals surface area contributed by atoms with E-state index in [2.05, 4.69) is 36.0 Å². The molecule has 0 aromatic carbocycles. The first-order chi connectivity index (χ1) is 7.99. The molecule has 0 unspecified atom stereocenters. The van der Waals surface area contributed by atoms with Crippen molar-refractivity contribution in [3.63, 3.8) is 0 Å². The lowest BCUT2D eigenvalue weighted by Gasteiger charge is -2.28. The maximum absolute atomic E-state index is 10.9. The Balaban J connectivity index is 2.08.